The van der Waals surface area contributed by atoms with Gasteiger partial charge in [0.15, 0.2) is 0 Å². The van der Waals surface area contributed by atoms with Crippen molar-refractivity contribution in [3.63, 3.8) is 0 Å². The molecule has 0 aromatic heterocycles. The monoisotopic (exact) mass is 390 g/mol. The molecule has 0 radical (unpaired) electrons. The third-order valence-electron chi connectivity index (χ3n) is 3.85. The number of ether oxygens (including phenoxy) is 1. The summed E-state index contributed by atoms with van der Waals surface area (Å²) in [5.41, 5.74) is 1.98. The molecular formula is C20H26N2O4S. The Morgan fingerprint density at radius 1 is 1.07 bits per heavy atom. The number of carbonyl (C=O) groups is 1. The molecule has 2 aromatic rings. The highest BCUT2D eigenvalue weighted by molar-refractivity contribution is 7.92. The Kier molecular flexibility index (Phi) is 6.85. The van der Waals surface area contributed by atoms with Gasteiger partial charge in [-0.3, -0.25) is 9.10 Å². The summed E-state index contributed by atoms with van der Waals surface area (Å²) in [5, 5.41) is 2.86. The van der Waals surface area contributed by atoms with Gasteiger partial charge in [-0.2, -0.15) is 0 Å². The van der Waals surface area contributed by atoms with Crippen molar-refractivity contribution < 1.29 is 17.9 Å². The molecule has 0 spiro atoms. The highest BCUT2D eigenvalue weighted by Gasteiger charge is 2.15. The van der Waals surface area contributed by atoms with Crippen LogP contribution in [0.1, 0.15) is 36.7 Å². The molecule has 0 unspecified atom stereocenters. The summed E-state index contributed by atoms with van der Waals surface area (Å²) < 4.78 is 30.4. The Morgan fingerprint density at radius 3 is 2.15 bits per heavy atom. The minimum Gasteiger partial charge on any atom is -0.491 e. The van der Waals surface area contributed by atoms with E-state index < -0.39 is 10.0 Å². The van der Waals surface area contributed by atoms with Crippen LogP contribution in [0.25, 0.3) is 0 Å². The Hall–Kier alpha value is -2.54. The molecule has 0 aliphatic rings. The summed E-state index contributed by atoms with van der Waals surface area (Å²) in [6, 6.07) is 14.1. The van der Waals surface area contributed by atoms with Crippen LogP contribution in [0.4, 0.5) is 5.69 Å². The van der Waals surface area contributed by atoms with Crippen LogP contribution in [0.2, 0.25) is 0 Å². The molecule has 2 rings (SSSR count). The Bertz CT molecular complexity index is 860. The first-order valence-corrected chi connectivity index (χ1v) is 10.7. The van der Waals surface area contributed by atoms with Gasteiger partial charge in [0.25, 0.3) is 5.91 Å². The quantitative estimate of drug-likeness (QED) is 0.751. The molecule has 6 nitrogen and oxygen atoms in total. The van der Waals surface area contributed by atoms with Crippen molar-refractivity contribution in [2.45, 2.75) is 33.4 Å². The van der Waals surface area contributed by atoms with Crippen LogP contribution in [-0.2, 0) is 16.6 Å². The zero-order valence-electron chi connectivity index (χ0n) is 16.1. The first-order valence-electron chi connectivity index (χ1n) is 8.82. The molecule has 1 N–H and O–H groups in total. The van der Waals surface area contributed by atoms with Crippen LogP contribution in [0.15, 0.2) is 48.5 Å². The minimum atomic E-state index is -3.34. The molecule has 0 aliphatic heterocycles. The van der Waals surface area contributed by atoms with Crippen LogP contribution in [-0.4, -0.2) is 33.2 Å². The maximum Gasteiger partial charge on any atom is 0.251 e. The van der Waals surface area contributed by atoms with E-state index in [9.17, 15) is 13.2 Å². The van der Waals surface area contributed by atoms with E-state index in [0.29, 0.717) is 24.3 Å². The lowest BCUT2D eigenvalue weighted by atomic mass is 10.1. The second kappa shape index (κ2) is 8.90. The van der Waals surface area contributed by atoms with Gasteiger partial charge < -0.3 is 10.1 Å². The van der Waals surface area contributed by atoms with E-state index in [1.807, 2.05) is 38.1 Å². The molecule has 2 aromatic carbocycles. The van der Waals surface area contributed by atoms with E-state index in [-0.39, 0.29) is 12.0 Å². The third kappa shape index (κ3) is 5.99. The second-order valence-corrected chi connectivity index (χ2v) is 8.37. The van der Waals surface area contributed by atoms with Crippen LogP contribution in [0.3, 0.4) is 0 Å². The van der Waals surface area contributed by atoms with Crippen molar-refractivity contribution in [1.82, 2.24) is 5.32 Å². The lowest BCUT2D eigenvalue weighted by Gasteiger charge is -2.20. The number of anilines is 1. The van der Waals surface area contributed by atoms with Gasteiger partial charge in [0, 0.05) is 18.7 Å². The molecular weight excluding hydrogens is 364 g/mol. The molecule has 0 bridgehead atoms. The van der Waals surface area contributed by atoms with Crippen molar-refractivity contribution in [1.29, 1.82) is 0 Å². The van der Waals surface area contributed by atoms with E-state index in [1.54, 1.807) is 31.2 Å². The standard InChI is InChI=1S/C20H26N2O4S/c1-5-22(27(4,24)25)18-10-8-17(9-11-18)20(23)21-14-16-6-12-19(13-7-16)26-15(2)3/h6-13,15H,5,14H2,1-4H3,(H,21,23). The summed E-state index contributed by atoms with van der Waals surface area (Å²) >= 11 is 0. The Morgan fingerprint density at radius 2 is 1.67 bits per heavy atom. The summed E-state index contributed by atoms with van der Waals surface area (Å²) in [5.74, 6) is 0.577. The van der Waals surface area contributed by atoms with E-state index in [0.717, 1.165) is 17.6 Å². The van der Waals surface area contributed by atoms with Crippen LogP contribution < -0.4 is 14.4 Å². The molecule has 7 heteroatoms. The number of rotatable bonds is 8. The number of amides is 1. The molecule has 0 heterocycles. The molecule has 0 fully saturated rings. The molecule has 0 aliphatic carbocycles. The van der Waals surface area contributed by atoms with Crippen molar-refractivity contribution >= 4 is 21.6 Å². The predicted octanol–water partition coefficient (Wildman–Crippen LogP) is 3.19. The van der Waals surface area contributed by atoms with Crippen molar-refractivity contribution in [2.75, 3.05) is 17.1 Å². The number of nitrogens with zero attached hydrogens (tertiary/aromatic N) is 1. The predicted molar refractivity (Wildman–Crippen MR) is 108 cm³/mol. The highest BCUT2D eigenvalue weighted by atomic mass is 32.2. The van der Waals surface area contributed by atoms with Crippen LogP contribution in [0.5, 0.6) is 5.75 Å². The number of sulfonamides is 1. The lowest BCUT2D eigenvalue weighted by Crippen LogP contribution is -2.29. The van der Waals surface area contributed by atoms with E-state index in [2.05, 4.69) is 5.32 Å². The van der Waals surface area contributed by atoms with Gasteiger partial charge in [0.05, 0.1) is 18.0 Å². The fourth-order valence-electron chi connectivity index (χ4n) is 2.63. The lowest BCUT2D eigenvalue weighted by molar-refractivity contribution is 0.0951. The van der Waals surface area contributed by atoms with Gasteiger partial charge in [-0.15, -0.1) is 0 Å². The maximum absolute atomic E-state index is 12.3. The first-order chi connectivity index (χ1) is 12.7. The van der Waals surface area contributed by atoms with Crippen molar-refractivity contribution in [3.05, 3.63) is 59.7 Å². The first kappa shape index (κ1) is 20.8. The van der Waals surface area contributed by atoms with Crippen LogP contribution >= 0.6 is 0 Å². The molecule has 27 heavy (non-hydrogen) atoms. The zero-order chi connectivity index (χ0) is 20.0. The number of hydrogen-bond acceptors (Lipinski definition) is 4. The number of benzene rings is 2. The summed E-state index contributed by atoms with van der Waals surface area (Å²) in [4.78, 5) is 12.3. The van der Waals surface area contributed by atoms with E-state index in [4.69, 9.17) is 4.74 Å². The minimum absolute atomic E-state index is 0.116. The molecule has 0 saturated carbocycles. The molecule has 1 amide bonds. The average molecular weight is 391 g/mol. The van der Waals surface area contributed by atoms with Crippen molar-refractivity contribution in [3.8, 4) is 5.75 Å². The Balaban J connectivity index is 1.98. The number of nitrogens with one attached hydrogen (secondary N) is 1. The fourth-order valence-corrected chi connectivity index (χ4v) is 3.60. The summed E-state index contributed by atoms with van der Waals surface area (Å²) in [6.45, 7) is 6.43. The van der Waals surface area contributed by atoms with Gasteiger partial charge in [-0.25, -0.2) is 8.42 Å². The van der Waals surface area contributed by atoms with Crippen LogP contribution in [0, 0.1) is 0 Å². The van der Waals surface area contributed by atoms with E-state index >= 15 is 0 Å². The second-order valence-electron chi connectivity index (χ2n) is 6.47. The highest BCUT2D eigenvalue weighted by Crippen LogP contribution is 2.18. The Labute approximate surface area is 161 Å². The normalized spacial score (nSPS) is 11.3. The van der Waals surface area contributed by atoms with Gasteiger partial charge in [0.2, 0.25) is 10.0 Å². The van der Waals surface area contributed by atoms with Gasteiger partial charge in [-0.1, -0.05) is 12.1 Å². The average Bonchev–Trinajstić information content (AvgIpc) is 2.60. The van der Waals surface area contributed by atoms with Crippen molar-refractivity contribution in [2.24, 2.45) is 0 Å². The van der Waals surface area contributed by atoms with Gasteiger partial charge >= 0.3 is 0 Å². The SMILES string of the molecule is CCN(c1ccc(C(=O)NCc2ccc(OC(C)C)cc2)cc1)S(C)(=O)=O. The molecule has 146 valence electrons. The molecule has 0 saturated heterocycles. The number of hydrogen-bond donors (Lipinski definition) is 1. The van der Waals surface area contributed by atoms with E-state index in [1.165, 1.54) is 4.31 Å². The zero-order valence-corrected chi connectivity index (χ0v) is 16.9. The van der Waals surface area contributed by atoms with Gasteiger partial charge in [0.1, 0.15) is 5.75 Å². The number of carbonyl (C=O) groups excluding carboxylic acids is 1. The fraction of sp³-hybridized carbons (Fsp3) is 0.350. The smallest absolute Gasteiger partial charge is 0.251 e. The topological polar surface area (TPSA) is 75.7 Å². The summed E-state index contributed by atoms with van der Waals surface area (Å²) in [6.07, 6.45) is 1.28. The maximum atomic E-state index is 12.3. The summed E-state index contributed by atoms with van der Waals surface area (Å²) in [7, 11) is -3.34. The van der Waals surface area contributed by atoms with Gasteiger partial charge in [-0.05, 0) is 62.7 Å². The third-order valence-corrected chi connectivity index (χ3v) is 5.12. The largest absolute Gasteiger partial charge is 0.491 e. The molecule has 0 atom stereocenters.